The van der Waals surface area contributed by atoms with E-state index < -0.39 is 6.10 Å². The van der Waals surface area contributed by atoms with E-state index in [2.05, 4.69) is 4.98 Å². The molecule has 1 N–H and O–H groups in total. The molecule has 0 aliphatic heterocycles. The molecule has 1 aromatic heterocycles. The van der Waals surface area contributed by atoms with Crippen LogP contribution in [-0.2, 0) is 6.42 Å². The summed E-state index contributed by atoms with van der Waals surface area (Å²) in [5, 5.41) is 12.8. The van der Waals surface area contributed by atoms with Crippen LogP contribution in [0, 0.1) is 12.7 Å². The number of hydrogen-bond donors (Lipinski definition) is 1. The fraction of sp³-hybridized carbons (Fsp3) is 0.250. The Morgan fingerprint density at radius 1 is 1.53 bits per heavy atom. The van der Waals surface area contributed by atoms with E-state index in [1.807, 2.05) is 12.3 Å². The maximum absolute atomic E-state index is 12.9. The Bertz CT molecular complexity index is 529. The third kappa shape index (κ3) is 3.03. The SMILES string of the molecule is Cc1csc(C(O)Cc2ccc(F)cc2Cl)n1. The second kappa shape index (κ2) is 5.12. The van der Waals surface area contributed by atoms with Gasteiger partial charge in [-0.15, -0.1) is 11.3 Å². The van der Waals surface area contributed by atoms with Crippen LogP contribution in [-0.4, -0.2) is 10.1 Å². The summed E-state index contributed by atoms with van der Waals surface area (Å²) >= 11 is 7.31. The van der Waals surface area contributed by atoms with E-state index in [1.54, 1.807) is 6.07 Å². The standard InChI is InChI=1S/C12H11ClFNOS/c1-7-6-17-12(15-7)11(16)4-8-2-3-9(14)5-10(8)13/h2-3,5-6,11,16H,4H2,1H3. The lowest BCUT2D eigenvalue weighted by Crippen LogP contribution is -2.02. The van der Waals surface area contributed by atoms with Crippen LogP contribution in [0.1, 0.15) is 22.4 Å². The summed E-state index contributed by atoms with van der Waals surface area (Å²) in [6.45, 7) is 1.87. The largest absolute Gasteiger partial charge is 0.386 e. The Balaban J connectivity index is 2.15. The molecule has 0 radical (unpaired) electrons. The first-order chi connectivity index (χ1) is 8.06. The molecule has 0 spiro atoms. The minimum Gasteiger partial charge on any atom is -0.386 e. The lowest BCUT2D eigenvalue weighted by Gasteiger charge is -2.09. The van der Waals surface area contributed by atoms with Gasteiger partial charge in [-0.2, -0.15) is 0 Å². The van der Waals surface area contributed by atoms with Gasteiger partial charge in [0.2, 0.25) is 0 Å². The van der Waals surface area contributed by atoms with Gasteiger partial charge in [-0.05, 0) is 24.6 Å². The summed E-state index contributed by atoms with van der Waals surface area (Å²) < 4.78 is 12.9. The molecule has 2 aromatic rings. The van der Waals surface area contributed by atoms with E-state index in [0.717, 1.165) is 5.69 Å². The van der Waals surface area contributed by atoms with Crippen molar-refractivity contribution in [3.05, 3.63) is 50.7 Å². The highest BCUT2D eigenvalue weighted by Crippen LogP contribution is 2.25. The average molecular weight is 272 g/mol. The van der Waals surface area contributed by atoms with Gasteiger partial charge in [-0.3, -0.25) is 0 Å². The predicted molar refractivity (Wildman–Crippen MR) is 66.9 cm³/mol. The quantitative estimate of drug-likeness (QED) is 0.927. The van der Waals surface area contributed by atoms with Crippen LogP contribution in [0.5, 0.6) is 0 Å². The Labute approximate surface area is 108 Å². The van der Waals surface area contributed by atoms with E-state index in [0.29, 0.717) is 22.0 Å². The van der Waals surface area contributed by atoms with Gasteiger partial charge in [-0.1, -0.05) is 17.7 Å². The minimum absolute atomic E-state index is 0.331. The molecule has 0 bridgehead atoms. The van der Waals surface area contributed by atoms with Crippen molar-refractivity contribution in [2.75, 3.05) is 0 Å². The normalized spacial score (nSPS) is 12.7. The zero-order valence-corrected chi connectivity index (χ0v) is 10.7. The van der Waals surface area contributed by atoms with Gasteiger partial charge in [0.05, 0.1) is 0 Å². The number of rotatable bonds is 3. The van der Waals surface area contributed by atoms with E-state index in [4.69, 9.17) is 11.6 Å². The molecule has 1 atom stereocenters. The highest BCUT2D eigenvalue weighted by atomic mass is 35.5. The van der Waals surface area contributed by atoms with Crippen molar-refractivity contribution in [3.8, 4) is 0 Å². The summed E-state index contributed by atoms with van der Waals surface area (Å²) in [5.74, 6) is -0.377. The van der Waals surface area contributed by atoms with Crippen molar-refractivity contribution in [3.63, 3.8) is 0 Å². The Morgan fingerprint density at radius 2 is 2.29 bits per heavy atom. The molecular weight excluding hydrogens is 261 g/mol. The van der Waals surface area contributed by atoms with Gasteiger partial charge in [0, 0.05) is 22.5 Å². The van der Waals surface area contributed by atoms with E-state index in [-0.39, 0.29) is 5.82 Å². The second-order valence-electron chi connectivity index (χ2n) is 3.78. The molecule has 0 aliphatic rings. The monoisotopic (exact) mass is 271 g/mol. The third-order valence-corrected chi connectivity index (χ3v) is 3.77. The molecule has 0 aliphatic carbocycles. The highest BCUT2D eigenvalue weighted by Gasteiger charge is 2.14. The summed E-state index contributed by atoms with van der Waals surface area (Å²) in [4.78, 5) is 4.21. The number of benzene rings is 1. The maximum Gasteiger partial charge on any atom is 0.124 e. The molecule has 2 rings (SSSR count). The summed E-state index contributed by atoms with van der Waals surface area (Å²) in [6.07, 6.45) is -0.358. The highest BCUT2D eigenvalue weighted by molar-refractivity contribution is 7.09. The lowest BCUT2D eigenvalue weighted by molar-refractivity contribution is 0.178. The molecule has 0 fully saturated rings. The molecule has 17 heavy (non-hydrogen) atoms. The van der Waals surface area contributed by atoms with E-state index >= 15 is 0 Å². The first-order valence-electron chi connectivity index (χ1n) is 5.10. The molecule has 0 amide bonds. The van der Waals surface area contributed by atoms with Crippen LogP contribution in [0.25, 0.3) is 0 Å². The third-order valence-electron chi connectivity index (χ3n) is 2.35. The second-order valence-corrected chi connectivity index (χ2v) is 5.08. The number of aromatic nitrogens is 1. The zero-order valence-electron chi connectivity index (χ0n) is 9.15. The lowest BCUT2D eigenvalue weighted by atomic mass is 10.1. The smallest absolute Gasteiger partial charge is 0.124 e. The van der Waals surface area contributed by atoms with Gasteiger partial charge < -0.3 is 5.11 Å². The number of aryl methyl sites for hydroxylation is 1. The van der Waals surface area contributed by atoms with Crippen LogP contribution < -0.4 is 0 Å². The van der Waals surface area contributed by atoms with Crippen molar-refractivity contribution in [2.24, 2.45) is 0 Å². The van der Waals surface area contributed by atoms with Crippen LogP contribution in [0.3, 0.4) is 0 Å². The van der Waals surface area contributed by atoms with Gasteiger partial charge in [0.1, 0.15) is 16.9 Å². The van der Waals surface area contributed by atoms with Crippen LogP contribution in [0.4, 0.5) is 4.39 Å². The molecule has 1 unspecified atom stereocenters. The molecule has 0 saturated heterocycles. The summed E-state index contributed by atoms with van der Waals surface area (Å²) in [5.41, 5.74) is 1.60. The first kappa shape index (κ1) is 12.5. The first-order valence-corrected chi connectivity index (χ1v) is 6.36. The molecule has 1 aromatic carbocycles. The molecule has 0 saturated carbocycles. The van der Waals surface area contributed by atoms with Crippen molar-refractivity contribution in [2.45, 2.75) is 19.4 Å². The average Bonchev–Trinajstić information content (AvgIpc) is 2.69. The predicted octanol–water partition coefficient (Wildman–Crippen LogP) is 3.52. The number of nitrogens with zero attached hydrogens (tertiary/aromatic N) is 1. The summed E-state index contributed by atoms with van der Waals surface area (Å²) in [7, 11) is 0. The topological polar surface area (TPSA) is 33.1 Å². The van der Waals surface area contributed by atoms with Crippen molar-refractivity contribution < 1.29 is 9.50 Å². The molecule has 5 heteroatoms. The minimum atomic E-state index is -0.698. The van der Waals surface area contributed by atoms with Gasteiger partial charge >= 0.3 is 0 Å². The van der Waals surface area contributed by atoms with E-state index in [9.17, 15) is 9.50 Å². The van der Waals surface area contributed by atoms with Crippen LogP contribution >= 0.6 is 22.9 Å². The molecule has 1 heterocycles. The van der Waals surface area contributed by atoms with Gasteiger partial charge in [0.15, 0.2) is 0 Å². The Kier molecular flexibility index (Phi) is 3.76. The number of thiazole rings is 1. The fourth-order valence-corrected chi connectivity index (χ4v) is 2.53. The zero-order chi connectivity index (χ0) is 12.4. The molecular formula is C12H11ClFNOS. The number of aliphatic hydroxyl groups is 1. The number of aliphatic hydroxyl groups excluding tert-OH is 1. The molecule has 90 valence electrons. The Morgan fingerprint density at radius 3 is 2.88 bits per heavy atom. The van der Waals surface area contributed by atoms with Gasteiger partial charge in [-0.25, -0.2) is 9.37 Å². The number of halogens is 2. The van der Waals surface area contributed by atoms with Crippen molar-refractivity contribution in [1.29, 1.82) is 0 Å². The Hall–Kier alpha value is -0.970. The fourth-order valence-electron chi connectivity index (χ4n) is 1.51. The van der Waals surface area contributed by atoms with Crippen LogP contribution in [0.15, 0.2) is 23.6 Å². The number of hydrogen-bond acceptors (Lipinski definition) is 3. The van der Waals surface area contributed by atoms with Crippen LogP contribution in [0.2, 0.25) is 5.02 Å². The summed E-state index contributed by atoms with van der Waals surface area (Å²) in [6, 6.07) is 4.17. The van der Waals surface area contributed by atoms with Gasteiger partial charge in [0.25, 0.3) is 0 Å². The molecule has 2 nitrogen and oxygen atoms in total. The maximum atomic E-state index is 12.9. The van der Waals surface area contributed by atoms with Crippen molar-refractivity contribution in [1.82, 2.24) is 4.98 Å². The van der Waals surface area contributed by atoms with Crippen molar-refractivity contribution >= 4 is 22.9 Å². The van der Waals surface area contributed by atoms with E-state index in [1.165, 1.54) is 23.5 Å².